The molecule has 0 unspecified atom stereocenters. The summed E-state index contributed by atoms with van der Waals surface area (Å²) < 4.78 is 21.5. The maximum absolute atomic E-state index is 12.0. The van der Waals surface area contributed by atoms with Crippen molar-refractivity contribution in [3.63, 3.8) is 0 Å². The second kappa shape index (κ2) is 7.35. The van der Waals surface area contributed by atoms with E-state index in [1.807, 2.05) is 0 Å². The van der Waals surface area contributed by atoms with Gasteiger partial charge in [-0.2, -0.15) is 0 Å². The first-order valence-corrected chi connectivity index (χ1v) is 7.88. The molecule has 1 heterocycles. The molecule has 3 rings (SSSR count). The monoisotopic (exact) mass is 392 g/mol. The molecule has 0 fully saturated rings. The summed E-state index contributed by atoms with van der Waals surface area (Å²) in [6.07, 6.45) is 0. The molecule has 0 saturated heterocycles. The third kappa shape index (κ3) is 4.05. The fraction of sp³-hybridized carbons (Fsp3) is 0.176. The number of Topliss-reactive ketones (excluding diaryl/α,β-unsaturated/α-hetero) is 1. The van der Waals surface area contributed by atoms with Crippen molar-refractivity contribution in [2.24, 2.45) is 0 Å². The molecule has 0 spiro atoms. The van der Waals surface area contributed by atoms with E-state index in [4.69, 9.17) is 18.9 Å². The van der Waals surface area contributed by atoms with Gasteiger partial charge in [0, 0.05) is 10.0 Å². The molecular formula is C17H13BrO6. The van der Waals surface area contributed by atoms with E-state index < -0.39 is 5.97 Å². The third-order valence-corrected chi connectivity index (χ3v) is 3.76. The first-order chi connectivity index (χ1) is 11.6. The molecule has 7 heteroatoms. The van der Waals surface area contributed by atoms with Crippen molar-refractivity contribution >= 4 is 27.7 Å². The first-order valence-electron chi connectivity index (χ1n) is 7.08. The van der Waals surface area contributed by atoms with E-state index in [-0.39, 0.29) is 25.8 Å². The van der Waals surface area contributed by atoms with Crippen LogP contribution in [0.2, 0.25) is 0 Å². The number of esters is 1. The number of halogens is 1. The van der Waals surface area contributed by atoms with Crippen LogP contribution in [0.3, 0.4) is 0 Å². The molecule has 0 radical (unpaired) electrons. The minimum absolute atomic E-state index is 0.134. The Labute approximate surface area is 146 Å². The number of hydrogen-bond acceptors (Lipinski definition) is 6. The van der Waals surface area contributed by atoms with Crippen LogP contribution in [0.1, 0.15) is 10.4 Å². The van der Waals surface area contributed by atoms with Gasteiger partial charge in [-0.3, -0.25) is 4.79 Å². The number of fused-ring (bicyclic) bond motifs is 1. The largest absolute Gasteiger partial charge is 0.482 e. The predicted octanol–water partition coefficient (Wildman–Crippen LogP) is 2.98. The SMILES string of the molecule is O=C(COc1ccc(Br)cc1)OCC(=O)c1ccc2c(c1)OCO2. The summed E-state index contributed by atoms with van der Waals surface area (Å²) in [6.45, 7) is -0.492. The lowest BCUT2D eigenvalue weighted by Crippen LogP contribution is -2.19. The molecule has 0 N–H and O–H groups in total. The zero-order chi connectivity index (χ0) is 16.9. The summed E-state index contributed by atoms with van der Waals surface area (Å²) in [5.74, 6) is 0.687. The molecule has 1 aliphatic heterocycles. The van der Waals surface area contributed by atoms with Gasteiger partial charge >= 0.3 is 5.97 Å². The maximum atomic E-state index is 12.0. The van der Waals surface area contributed by atoms with Crippen LogP contribution in [0, 0.1) is 0 Å². The van der Waals surface area contributed by atoms with E-state index >= 15 is 0 Å². The van der Waals surface area contributed by atoms with Gasteiger partial charge in [0.2, 0.25) is 6.79 Å². The third-order valence-electron chi connectivity index (χ3n) is 3.23. The van der Waals surface area contributed by atoms with Gasteiger partial charge in [0.15, 0.2) is 30.5 Å². The second-order valence-corrected chi connectivity index (χ2v) is 5.81. The first kappa shape index (κ1) is 16.3. The van der Waals surface area contributed by atoms with E-state index in [9.17, 15) is 9.59 Å². The number of carbonyl (C=O) groups excluding carboxylic acids is 2. The molecular weight excluding hydrogens is 380 g/mol. The van der Waals surface area contributed by atoms with Crippen LogP contribution >= 0.6 is 15.9 Å². The average molecular weight is 393 g/mol. The number of rotatable bonds is 6. The Morgan fingerprint density at radius 2 is 1.75 bits per heavy atom. The fourth-order valence-corrected chi connectivity index (χ4v) is 2.28. The molecule has 0 saturated carbocycles. The standard InChI is InChI=1S/C17H13BrO6/c18-12-2-4-13(5-3-12)21-9-17(20)22-8-14(19)11-1-6-15-16(7-11)24-10-23-15/h1-7H,8-10H2. The topological polar surface area (TPSA) is 71.1 Å². The van der Waals surface area contributed by atoms with E-state index in [0.717, 1.165) is 4.47 Å². The van der Waals surface area contributed by atoms with E-state index in [1.54, 1.807) is 42.5 Å². The molecule has 6 nitrogen and oxygen atoms in total. The lowest BCUT2D eigenvalue weighted by atomic mass is 10.1. The van der Waals surface area contributed by atoms with Gasteiger partial charge in [-0.05, 0) is 42.5 Å². The Morgan fingerprint density at radius 3 is 2.54 bits per heavy atom. The van der Waals surface area contributed by atoms with Crippen LogP contribution in [-0.4, -0.2) is 31.8 Å². The summed E-state index contributed by atoms with van der Waals surface area (Å²) in [6, 6.07) is 11.8. The summed E-state index contributed by atoms with van der Waals surface area (Å²) in [4.78, 5) is 23.7. The lowest BCUT2D eigenvalue weighted by Gasteiger charge is -2.07. The van der Waals surface area contributed by atoms with Crippen molar-refractivity contribution in [1.82, 2.24) is 0 Å². The van der Waals surface area contributed by atoms with Crippen LogP contribution in [-0.2, 0) is 9.53 Å². The zero-order valence-corrected chi connectivity index (χ0v) is 14.1. The van der Waals surface area contributed by atoms with Crippen molar-refractivity contribution in [3.05, 3.63) is 52.5 Å². The Morgan fingerprint density at radius 1 is 1.00 bits per heavy atom. The number of ketones is 1. The maximum Gasteiger partial charge on any atom is 0.344 e. The van der Waals surface area contributed by atoms with Crippen LogP contribution in [0.4, 0.5) is 0 Å². The smallest absolute Gasteiger partial charge is 0.344 e. The number of carbonyl (C=O) groups is 2. The molecule has 0 atom stereocenters. The number of hydrogen-bond donors (Lipinski definition) is 0. The van der Waals surface area contributed by atoms with Gasteiger partial charge in [-0.25, -0.2) is 4.79 Å². The number of ether oxygens (including phenoxy) is 4. The van der Waals surface area contributed by atoms with Gasteiger partial charge in [-0.1, -0.05) is 15.9 Å². The second-order valence-electron chi connectivity index (χ2n) is 4.89. The highest BCUT2D eigenvalue weighted by Crippen LogP contribution is 2.32. The fourth-order valence-electron chi connectivity index (χ4n) is 2.01. The molecule has 0 bridgehead atoms. The van der Waals surface area contributed by atoms with Gasteiger partial charge in [0.25, 0.3) is 0 Å². The van der Waals surface area contributed by atoms with Crippen molar-refractivity contribution in [2.75, 3.05) is 20.0 Å². The molecule has 24 heavy (non-hydrogen) atoms. The molecule has 2 aromatic rings. The highest BCUT2D eigenvalue weighted by atomic mass is 79.9. The van der Waals surface area contributed by atoms with E-state index in [1.165, 1.54) is 0 Å². The van der Waals surface area contributed by atoms with Gasteiger partial charge in [0.1, 0.15) is 5.75 Å². The average Bonchev–Trinajstić information content (AvgIpc) is 3.06. The summed E-state index contributed by atoms with van der Waals surface area (Å²) in [7, 11) is 0. The number of benzene rings is 2. The Balaban J connectivity index is 1.47. The van der Waals surface area contributed by atoms with Gasteiger partial charge in [-0.15, -0.1) is 0 Å². The van der Waals surface area contributed by atoms with Crippen molar-refractivity contribution in [3.8, 4) is 17.2 Å². The minimum atomic E-state index is -0.619. The molecule has 0 aromatic heterocycles. The summed E-state index contributed by atoms with van der Waals surface area (Å²) in [5, 5.41) is 0. The minimum Gasteiger partial charge on any atom is -0.482 e. The lowest BCUT2D eigenvalue weighted by molar-refractivity contribution is -0.144. The van der Waals surface area contributed by atoms with Crippen molar-refractivity contribution < 1.29 is 28.5 Å². The molecule has 0 amide bonds. The highest BCUT2D eigenvalue weighted by molar-refractivity contribution is 9.10. The Kier molecular flexibility index (Phi) is 5.00. The van der Waals surface area contributed by atoms with Crippen LogP contribution < -0.4 is 14.2 Å². The van der Waals surface area contributed by atoms with Crippen molar-refractivity contribution in [2.45, 2.75) is 0 Å². The van der Waals surface area contributed by atoms with Crippen molar-refractivity contribution in [1.29, 1.82) is 0 Å². The van der Waals surface area contributed by atoms with Gasteiger partial charge in [0.05, 0.1) is 0 Å². The molecule has 0 aliphatic carbocycles. The predicted molar refractivity (Wildman–Crippen MR) is 87.5 cm³/mol. The van der Waals surface area contributed by atoms with Crippen LogP contribution in [0.25, 0.3) is 0 Å². The Bertz CT molecular complexity index is 756. The van der Waals surface area contributed by atoms with Gasteiger partial charge < -0.3 is 18.9 Å². The van der Waals surface area contributed by atoms with Crippen LogP contribution in [0.15, 0.2) is 46.9 Å². The summed E-state index contributed by atoms with van der Waals surface area (Å²) >= 11 is 3.31. The zero-order valence-electron chi connectivity index (χ0n) is 12.5. The van der Waals surface area contributed by atoms with E-state index in [2.05, 4.69) is 15.9 Å². The quantitative estimate of drug-likeness (QED) is 0.555. The highest BCUT2D eigenvalue weighted by Gasteiger charge is 2.17. The normalized spacial score (nSPS) is 11.9. The molecule has 2 aromatic carbocycles. The van der Waals surface area contributed by atoms with Crippen LogP contribution in [0.5, 0.6) is 17.2 Å². The summed E-state index contributed by atoms with van der Waals surface area (Å²) in [5.41, 5.74) is 0.390. The molecule has 124 valence electrons. The van der Waals surface area contributed by atoms with E-state index in [0.29, 0.717) is 22.8 Å². The Hall–Kier alpha value is -2.54. The molecule has 1 aliphatic rings.